The summed E-state index contributed by atoms with van der Waals surface area (Å²) in [5.41, 5.74) is 3.67. The Morgan fingerprint density at radius 3 is 2.53 bits per heavy atom. The molecule has 2 unspecified atom stereocenters. The number of fused-ring (bicyclic) bond motifs is 1. The molecule has 2 aromatic rings. The van der Waals surface area contributed by atoms with Crippen molar-refractivity contribution in [3.05, 3.63) is 70.8 Å². The Morgan fingerprint density at radius 2 is 1.78 bits per heavy atom. The number of aryl methyl sites for hydroxylation is 1. The fourth-order valence-corrected chi connectivity index (χ4v) is 5.18. The predicted molar refractivity (Wildman–Crippen MR) is 126 cm³/mol. The molecule has 5 heteroatoms. The molecule has 2 N–H and O–H groups in total. The van der Waals surface area contributed by atoms with Crippen LogP contribution in [0.5, 0.6) is 0 Å². The zero-order valence-corrected chi connectivity index (χ0v) is 19.4. The van der Waals surface area contributed by atoms with Crippen LogP contribution in [0.2, 0.25) is 0 Å². The number of carbonyl (C=O) groups excluding carboxylic acids is 2. The van der Waals surface area contributed by atoms with Crippen molar-refractivity contribution in [2.24, 2.45) is 0 Å². The molecule has 0 saturated heterocycles. The molecule has 4 rings (SSSR count). The average Bonchev–Trinajstić information content (AvgIpc) is 3.10. The SMILES string of the molecule is Cc1ccc(CN2C(=O)c3ccccc3C2C(=O)NCCC[NH+](C)C2CCCCC2)cc1. The highest BCUT2D eigenvalue weighted by Crippen LogP contribution is 2.35. The van der Waals surface area contributed by atoms with Crippen LogP contribution in [0.4, 0.5) is 0 Å². The summed E-state index contributed by atoms with van der Waals surface area (Å²) in [6, 6.07) is 15.9. The van der Waals surface area contributed by atoms with Crippen molar-refractivity contribution in [2.75, 3.05) is 20.1 Å². The second kappa shape index (κ2) is 10.3. The molecular weight excluding hydrogens is 398 g/mol. The summed E-state index contributed by atoms with van der Waals surface area (Å²) in [4.78, 5) is 29.7. The third-order valence-corrected chi connectivity index (χ3v) is 7.13. The molecule has 1 fully saturated rings. The quantitative estimate of drug-likeness (QED) is 0.628. The van der Waals surface area contributed by atoms with Crippen molar-refractivity contribution in [3.8, 4) is 0 Å². The van der Waals surface area contributed by atoms with Crippen molar-refractivity contribution in [3.63, 3.8) is 0 Å². The smallest absolute Gasteiger partial charge is 0.255 e. The van der Waals surface area contributed by atoms with E-state index in [4.69, 9.17) is 0 Å². The largest absolute Gasteiger partial charge is 0.354 e. The van der Waals surface area contributed by atoms with Crippen LogP contribution in [0, 0.1) is 6.92 Å². The summed E-state index contributed by atoms with van der Waals surface area (Å²) in [6.07, 6.45) is 7.68. The van der Waals surface area contributed by atoms with Gasteiger partial charge in [-0.05, 0) is 49.8 Å². The second-order valence-electron chi connectivity index (χ2n) is 9.48. The molecule has 2 aromatic carbocycles. The number of hydrogen-bond donors (Lipinski definition) is 2. The Kier molecular flexibility index (Phi) is 7.26. The summed E-state index contributed by atoms with van der Waals surface area (Å²) in [6.45, 7) is 4.19. The topological polar surface area (TPSA) is 53.9 Å². The van der Waals surface area contributed by atoms with E-state index in [1.807, 2.05) is 55.5 Å². The van der Waals surface area contributed by atoms with E-state index in [2.05, 4.69) is 12.4 Å². The normalized spacial score (nSPS) is 19.6. The lowest BCUT2D eigenvalue weighted by molar-refractivity contribution is -0.907. The zero-order valence-electron chi connectivity index (χ0n) is 19.4. The van der Waals surface area contributed by atoms with Gasteiger partial charge < -0.3 is 15.1 Å². The van der Waals surface area contributed by atoms with Crippen LogP contribution in [0.1, 0.15) is 71.6 Å². The van der Waals surface area contributed by atoms with E-state index >= 15 is 0 Å². The van der Waals surface area contributed by atoms with Crippen molar-refractivity contribution < 1.29 is 14.5 Å². The maximum atomic E-state index is 13.2. The van der Waals surface area contributed by atoms with Gasteiger partial charge in [0.2, 0.25) is 5.91 Å². The number of quaternary nitrogens is 1. The molecule has 2 amide bonds. The number of carbonyl (C=O) groups is 2. The highest BCUT2D eigenvalue weighted by Gasteiger charge is 2.40. The lowest BCUT2D eigenvalue weighted by Gasteiger charge is -2.28. The molecular formula is C27H36N3O2+. The van der Waals surface area contributed by atoms with Gasteiger partial charge in [0.1, 0.15) is 6.04 Å². The average molecular weight is 435 g/mol. The molecule has 170 valence electrons. The summed E-state index contributed by atoms with van der Waals surface area (Å²) in [5.74, 6) is -0.145. The third-order valence-electron chi connectivity index (χ3n) is 7.13. The van der Waals surface area contributed by atoms with Gasteiger partial charge in [-0.3, -0.25) is 9.59 Å². The fourth-order valence-electron chi connectivity index (χ4n) is 5.18. The minimum Gasteiger partial charge on any atom is -0.354 e. The van der Waals surface area contributed by atoms with Crippen LogP contribution in [-0.4, -0.2) is 42.9 Å². The number of rotatable bonds is 8. The summed E-state index contributed by atoms with van der Waals surface area (Å²) >= 11 is 0. The minimum atomic E-state index is -0.566. The molecule has 0 aromatic heterocycles. The van der Waals surface area contributed by atoms with E-state index in [1.54, 1.807) is 9.80 Å². The maximum absolute atomic E-state index is 13.2. The number of hydrogen-bond acceptors (Lipinski definition) is 2. The molecule has 1 heterocycles. The minimum absolute atomic E-state index is 0.0669. The van der Waals surface area contributed by atoms with Gasteiger partial charge in [-0.1, -0.05) is 54.4 Å². The van der Waals surface area contributed by atoms with Crippen LogP contribution in [0.15, 0.2) is 48.5 Å². The van der Waals surface area contributed by atoms with E-state index in [0.29, 0.717) is 18.7 Å². The van der Waals surface area contributed by atoms with Crippen molar-refractivity contribution in [1.82, 2.24) is 10.2 Å². The molecule has 2 aliphatic rings. The Morgan fingerprint density at radius 1 is 1.06 bits per heavy atom. The van der Waals surface area contributed by atoms with Crippen molar-refractivity contribution in [2.45, 2.75) is 64.1 Å². The number of nitrogens with zero attached hydrogens (tertiary/aromatic N) is 1. The van der Waals surface area contributed by atoms with Gasteiger partial charge in [0.15, 0.2) is 0 Å². The van der Waals surface area contributed by atoms with Crippen LogP contribution >= 0.6 is 0 Å². The van der Waals surface area contributed by atoms with Gasteiger partial charge in [-0.2, -0.15) is 0 Å². The molecule has 0 bridgehead atoms. The van der Waals surface area contributed by atoms with Gasteiger partial charge in [0, 0.05) is 25.1 Å². The Hall–Kier alpha value is -2.66. The molecule has 0 radical (unpaired) electrons. The maximum Gasteiger partial charge on any atom is 0.255 e. The Balaban J connectivity index is 1.38. The highest BCUT2D eigenvalue weighted by atomic mass is 16.2. The molecule has 0 spiro atoms. The van der Waals surface area contributed by atoms with Gasteiger partial charge in [-0.15, -0.1) is 0 Å². The molecule has 32 heavy (non-hydrogen) atoms. The molecule has 1 saturated carbocycles. The van der Waals surface area contributed by atoms with Crippen LogP contribution in [-0.2, 0) is 11.3 Å². The van der Waals surface area contributed by atoms with Crippen molar-refractivity contribution >= 4 is 11.8 Å². The van der Waals surface area contributed by atoms with E-state index in [0.717, 1.165) is 30.1 Å². The van der Waals surface area contributed by atoms with Gasteiger partial charge in [0.05, 0.1) is 19.6 Å². The van der Waals surface area contributed by atoms with Gasteiger partial charge in [0.25, 0.3) is 5.91 Å². The first-order chi connectivity index (χ1) is 15.5. The third kappa shape index (κ3) is 5.04. The molecule has 1 aliphatic carbocycles. The van der Waals surface area contributed by atoms with Crippen LogP contribution < -0.4 is 10.2 Å². The molecule has 2 atom stereocenters. The van der Waals surface area contributed by atoms with E-state index in [9.17, 15) is 9.59 Å². The van der Waals surface area contributed by atoms with Crippen LogP contribution in [0.3, 0.4) is 0 Å². The predicted octanol–water partition coefficient (Wildman–Crippen LogP) is 3.05. The van der Waals surface area contributed by atoms with Crippen molar-refractivity contribution in [1.29, 1.82) is 0 Å². The van der Waals surface area contributed by atoms with E-state index in [1.165, 1.54) is 37.7 Å². The first-order valence-electron chi connectivity index (χ1n) is 12.1. The monoisotopic (exact) mass is 434 g/mol. The number of nitrogens with one attached hydrogen (secondary N) is 2. The molecule has 5 nitrogen and oxygen atoms in total. The second-order valence-corrected chi connectivity index (χ2v) is 9.48. The fraction of sp³-hybridized carbons (Fsp3) is 0.481. The lowest BCUT2D eigenvalue weighted by atomic mass is 9.94. The Bertz CT molecular complexity index is 934. The number of amides is 2. The standard InChI is InChI=1S/C27H35N3O2/c1-20-13-15-21(16-14-20)19-30-25(23-11-6-7-12-24(23)27(30)32)26(31)28-17-8-18-29(2)22-9-4-3-5-10-22/h6-7,11-16,22,25H,3-5,8-10,17-19H2,1-2H3,(H,28,31)/p+1. The number of benzene rings is 2. The van der Waals surface area contributed by atoms with E-state index < -0.39 is 6.04 Å². The zero-order chi connectivity index (χ0) is 22.5. The first kappa shape index (κ1) is 22.5. The summed E-state index contributed by atoms with van der Waals surface area (Å²) in [5, 5.41) is 3.12. The van der Waals surface area contributed by atoms with Crippen LogP contribution in [0.25, 0.3) is 0 Å². The van der Waals surface area contributed by atoms with Gasteiger partial charge in [-0.25, -0.2) is 0 Å². The Labute approximate surface area is 191 Å². The lowest BCUT2D eigenvalue weighted by Crippen LogP contribution is -3.13. The highest BCUT2D eigenvalue weighted by molar-refractivity contribution is 6.04. The molecule has 1 aliphatic heterocycles. The van der Waals surface area contributed by atoms with Gasteiger partial charge >= 0.3 is 0 Å². The summed E-state index contributed by atoms with van der Waals surface area (Å²) in [7, 11) is 2.28. The van der Waals surface area contributed by atoms with E-state index in [-0.39, 0.29) is 11.8 Å². The first-order valence-corrected chi connectivity index (χ1v) is 12.1. The summed E-state index contributed by atoms with van der Waals surface area (Å²) < 4.78 is 0.